The van der Waals surface area contributed by atoms with Crippen LogP contribution in [0.25, 0.3) is 10.9 Å². The number of carbonyl (C=O) groups excluding carboxylic acids is 1. The molecule has 0 bridgehead atoms. The lowest BCUT2D eigenvalue weighted by atomic mass is 9.93. The molecule has 26 heavy (non-hydrogen) atoms. The van der Waals surface area contributed by atoms with Crippen LogP contribution in [0.15, 0.2) is 34.6 Å². The summed E-state index contributed by atoms with van der Waals surface area (Å²) in [6, 6.07) is 4.13. The third-order valence-corrected chi connectivity index (χ3v) is 4.80. The number of fused-ring (bicyclic) bond motifs is 1. The van der Waals surface area contributed by atoms with Gasteiger partial charge < -0.3 is 17.2 Å². The van der Waals surface area contributed by atoms with Gasteiger partial charge in [0.1, 0.15) is 11.4 Å². The van der Waals surface area contributed by atoms with Gasteiger partial charge in [-0.05, 0) is 37.3 Å². The number of nitrogens with zero attached hydrogens (tertiary/aromatic N) is 3. The van der Waals surface area contributed by atoms with Crippen LogP contribution >= 0.6 is 11.6 Å². The lowest BCUT2D eigenvalue weighted by molar-refractivity contribution is -0.114. The number of hydrogen-bond donors (Lipinski definition) is 3. The Hall–Kier alpha value is -2.98. The number of carbonyl (C=O) groups is 1. The molecule has 1 aliphatic rings. The van der Waals surface area contributed by atoms with Gasteiger partial charge in [-0.1, -0.05) is 17.5 Å². The van der Waals surface area contributed by atoms with Crippen molar-refractivity contribution < 1.29 is 4.79 Å². The third kappa shape index (κ3) is 3.11. The molecule has 3 rings (SSSR count). The predicted molar refractivity (Wildman–Crippen MR) is 102 cm³/mol. The van der Waals surface area contributed by atoms with Gasteiger partial charge in [-0.2, -0.15) is 5.10 Å². The number of aliphatic imine (C=N–C) groups is 1. The van der Waals surface area contributed by atoms with Crippen LogP contribution in [0.1, 0.15) is 30.9 Å². The Balaban J connectivity index is 2.10. The van der Waals surface area contributed by atoms with Gasteiger partial charge in [-0.15, -0.1) is 0 Å². The van der Waals surface area contributed by atoms with Crippen LogP contribution in [0.2, 0.25) is 5.02 Å². The van der Waals surface area contributed by atoms with Gasteiger partial charge in [0.05, 0.1) is 34.0 Å². The van der Waals surface area contributed by atoms with Crippen LogP contribution in [-0.2, 0) is 4.79 Å². The van der Waals surface area contributed by atoms with E-state index >= 15 is 0 Å². The zero-order valence-corrected chi connectivity index (χ0v) is 15.0. The molecule has 8 heteroatoms. The minimum atomic E-state index is -0.790. The van der Waals surface area contributed by atoms with E-state index in [9.17, 15) is 4.79 Å². The lowest BCUT2D eigenvalue weighted by Crippen LogP contribution is -2.29. The summed E-state index contributed by atoms with van der Waals surface area (Å²) in [5.41, 5.74) is 18.3. The minimum absolute atomic E-state index is 0.0555. The Labute approximate surface area is 155 Å². The molecule has 1 heterocycles. The van der Waals surface area contributed by atoms with Crippen molar-refractivity contribution in [1.82, 2.24) is 9.78 Å². The van der Waals surface area contributed by atoms with E-state index in [2.05, 4.69) is 21.9 Å². The second-order valence-corrected chi connectivity index (χ2v) is 6.45. The average Bonchev–Trinajstić information content (AvgIpc) is 2.95. The molecule has 1 amide bonds. The molecule has 1 aliphatic carbocycles. The second-order valence-electron chi connectivity index (χ2n) is 6.04. The van der Waals surface area contributed by atoms with Gasteiger partial charge >= 0.3 is 0 Å². The third-order valence-electron chi connectivity index (χ3n) is 4.49. The molecular formula is C18H19ClN6O. The number of nitrogens with two attached hydrogens (primary N) is 3. The molecule has 0 saturated heterocycles. The first kappa shape index (κ1) is 17.8. The Morgan fingerprint density at radius 1 is 1.35 bits per heavy atom. The number of hydrogen-bond acceptors (Lipinski definition) is 4. The Morgan fingerprint density at radius 2 is 2.08 bits per heavy atom. The summed E-state index contributed by atoms with van der Waals surface area (Å²) >= 11 is 6.32. The number of allylic oxidation sites excluding steroid dienone is 1. The SMILES string of the molecule is CN=C(N)/C(C(N)=O)=C(\N)C#Cc1c(Cl)ccc2c1cnn2C1CCC1. The highest BCUT2D eigenvalue weighted by molar-refractivity contribution is 6.32. The second kappa shape index (κ2) is 7.10. The maximum Gasteiger partial charge on any atom is 0.255 e. The van der Waals surface area contributed by atoms with Crippen molar-refractivity contribution in [3.63, 3.8) is 0 Å². The number of halogens is 1. The van der Waals surface area contributed by atoms with Gasteiger partial charge in [-0.3, -0.25) is 14.5 Å². The monoisotopic (exact) mass is 370 g/mol. The molecule has 7 nitrogen and oxygen atoms in total. The molecule has 0 radical (unpaired) electrons. The highest BCUT2D eigenvalue weighted by Gasteiger charge is 2.22. The highest BCUT2D eigenvalue weighted by Crippen LogP contribution is 2.35. The first-order valence-corrected chi connectivity index (χ1v) is 8.51. The number of amides is 1. The zero-order valence-electron chi connectivity index (χ0n) is 14.3. The number of aromatic nitrogens is 2. The van der Waals surface area contributed by atoms with E-state index in [4.69, 9.17) is 28.8 Å². The Kier molecular flexibility index (Phi) is 4.87. The number of amidine groups is 1. The first-order chi connectivity index (χ1) is 12.4. The number of primary amides is 1. The van der Waals surface area contributed by atoms with E-state index in [0.29, 0.717) is 16.6 Å². The van der Waals surface area contributed by atoms with E-state index in [1.54, 1.807) is 12.3 Å². The van der Waals surface area contributed by atoms with E-state index in [-0.39, 0.29) is 17.1 Å². The van der Waals surface area contributed by atoms with Crippen LogP contribution in [-0.4, -0.2) is 28.6 Å². The van der Waals surface area contributed by atoms with Gasteiger partial charge in [0.2, 0.25) is 0 Å². The first-order valence-electron chi connectivity index (χ1n) is 8.14. The smallest absolute Gasteiger partial charge is 0.255 e. The van der Waals surface area contributed by atoms with E-state index < -0.39 is 5.91 Å². The van der Waals surface area contributed by atoms with Gasteiger partial charge in [0, 0.05) is 12.4 Å². The van der Waals surface area contributed by atoms with Crippen molar-refractivity contribution in [1.29, 1.82) is 0 Å². The lowest BCUT2D eigenvalue weighted by Gasteiger charge is -2.26. The van der Waals surface area contributed by atoms with Gasteiger partial charge in [0.15, 0.2) is 0 Å². The van der Waals surface area contributed by atoms with E-state index in [1.165, 1.54) is 13.5 Å². The van der Waals surface area contributed by atoms with Crippen molar-refractivity contribution >= 4 is 34.2 Å². The molecule has 0 atom stereocenters. The Bertz CT molecular complexity index is 1000. The van der Waals surface area contributed by atoms with Crippen molar-refractivity contribution in [3.05, 3.63) is 40.2 Å². The summed E-state index contributed by atoms with van der Waals surface area (Å²) in [7, 11) is 1.44. The normalized spacial score (nSPS) is 15.8. The topological polar surface area (TPSA) is 125 Å². The standard InChI is InChI=1S/C18H19ClN6O/c1-23-17(21)16(18(22)26)14(20)7-5-11-12-9-24-25(10-3-2-4-10)15(12)8-6-13(11)19/h6,8-10H,2-4,20H2,1H3,(H2,21,23)(H2,22,26)/b16-14+. The molecule has 2 aromatic rings. The molecule has 6 N–H and O–H groups in total. The molecule has 0 unspecified atom stereocenters. The summed E-state index contributed by atoms with van der Waals surface area (Å²) in [5.74, 6) is 4.79. The largest absolute Gasteiger partial charge is 0.391 e. The van der Waals surface area contributed by atoms with Crippen LogP contribution in [0.4, 0.5) is 0 Å². The fraction of sp³-hybridized carbons (Fsp3) is 0.278. The average molecular weight is 371 g/mol. The maximum absolute atomic E-state index is 11.6. The molecule has 0 aliphatic heterocycles. The number of rotatable bonds is 3. The van der Waals surface area contributed by atoms with Crippen molar-refractivity contribution in [2.45, 2.75) is 25.3 Å². The maximum atomic E-state index is 11.6. The number of benzene rings is 1. The van der Waals surface area contributed by atoms with Crippen LogP contribution in [0.5, 0.6) is 0 Å². The minimum Gasteiger partial charge on any atom is -0.391 e. The van der Waals surface area contributed by atoms with E-state index in [1.807, 2.05) is 10.7 Å². The van der Waals surface area contributed by atoms with Crippen LogP contribution in [0, 0.1) is 11.8 Å². The van der Waals surface area contributed by atoms with Crippen molar-refractivity contribution in [2.24, 2.45) is 22.2 Å². The summed E-state index contributed by atoms with van der Waals surface area (Å²) in [4.78, 5) is 15.3. The molecule has 1 fully saturated rings. The van der Waals surface area contributed by atoms with Crippen LogP contribution < -0.4 is 17.2 Å². The summed E-state index contributed by atoms with van der Waals surface area (Å²) < 4.78 is 2.01. The summed E-state index contributed by atoms with van der Waals surface area (Å²) in [6.45, 7) is 0. The molecule has 1 aromatic heterocycles. The quantitative estimate of drug-likeness (QED) is 0.327. The van der Waals surface area contributed by atoms with Crippen molar-refractivity contribution in [3.8, 4) is 11.8 Å². The van der Waals surface area contributed by atoms with Crippen LogP contribution in [0.3, 0.4) is 0 Å². The van der Waals surface area contributed by atoms with Gasteiger partial charge in [-0.25, -0.2) is 0 Å². The Morgan fingerprint density at radius 3 is 2.65 bits per heavy atom. The zero-order chi connectivity index (χ0) is 18.8. The predicted octanol–water partition coefficient (Wildman–Crippen LogP) is 1.45. The summed E-state index contributed by atoms with van der Waals surface area (Å²) in [6.07, 6.45) is 5.20. The van der Waals surface area contributed by atoms with Gasteiger partial charge in [0.25, 0.3) is 5.91 Å². The molecule has 134 valence electrons. The molecule has 1 saturated carbocycles. The highest BCUT2D eigenvalue weighted by atomic mass is 35.5. The summed E-state index contributed by atoms with van der Waals surface area (Å²) in [5, 5.41) is 5.80. The fourth-order valence-corrected chi connectivity index (χ4v) is 3.06. The molecule has 1 aromatic carbocycles. The molecular weight excluding hydrogens is 352 g/mol. The fourth-order valence-electron chi connectivity index (χ4n) is 2.84. The van der Waals surface area contributed by atoms with Crippen molar-refractivity contribution in [2.75, 3.05) is 7.05 Å². The molecule has 0 spiro atoms. The van der Waals surface area contributed by atoms with E-state index in [0.717, 1.165) is 23.7 Å².